The molecule has 0 aromatic heterocycles. The molecule has 1 aromatic carbocycles. The summed E-state index contributed by atoms with van der Waals surface area (Å²) in [6.45, 7) is 14.0. The number of esters is 2. The third-order valence-corrected chi connectivity index (χ3v) is 11.9. The van der Waals surface area contributed by atoms with Crippen LogP contribution in [0.25, 0.3) is 0 Å². The number of hydrogen-bond donors (Lipinski definition) is 5. The van der Waals surface area contributed by atoms with Crippen molar-refractivity contribution >= 4 is 11.9 Å². The number of ether oxygens (including phenoxy) is 5. The lowest BCUT2D eigenvalue weighted by Crippen LogP contribution is -2.59. The molecular weight excluding hydrogens is 707 g/mol. The summed E-state index contributed by atoms with van der Waals surface area (Å²) in [5.41, 5.74) is -2.84. The van der Waals surface area contributed by atoms with E-state index in [1.165, 1.54) is 26.0 Å². The Balaban J connectivity index is 1.55. The predicted octanol–water partition coefficient (Wildman–Crippen LogP) is 2.07. The van der Waals surface area contributed by atoms with E-state index in [1.807, 2.05) is 25.8 Å². The number of carbonyl (C=O) groups is 2. The van der Waals surface area contributed by atoms with Crippen LogP contribution in [-0.4, -0.2) is 153 Å². The van der Waals surface area contributed by atoms with Crippen LogP contribution in [0, 0.1) is 23.6 Å². The molecular formula is C39H63FN2O12. The van der Waals surface area contributed by atoms with E-state index in [2.05, 4.69) is 0 Å². The Morgan fingerprint density at radius 2 is 1.74 bits per heavy atom. The SMILES string of the molecule is CC[C@H]1OC(=O)[C@H](C)C2(O)O[C@@](C)(C[C@@H](C)CN(C)[C@H](C)[C@@H](O)[C@]1(C)O)[C@H](O[C@@H]1O[C@H](C)C[C@H](N(C)CC(O)COC(=O)c3ccc(F)cc3)C1O)[C@H]2C. The van der Waals surface area contributed by atoms with Gasteiger partial charge in [0.15, 0.2) is 12.1 Å². The number of aliphatic hydroxyl groups excluding tert-OH is 3. The first-order valence-corrected chi connectivity index (χ1v) is 19.1. The standard InChI is InChI=1S/C39H63FN2O12/c1-11-30-38(8,48)32(45)25(6)41(9)18-21(2)17-37(7)33(23(4)39(49,54-37)24(5)34(46)52-30)53-36-31(44)29(16-22(3)51-36)42(10)19-28(43)20-50-35(47)26-12-14-27(40)15-13-26/h12-15,21-25,28-33,36,43-45,48-49H,11,16-20H2,1-10H3/t21-,22-,23-,24+,25-,28?,29+,30-,31?,32-,33-,36+,37+,38-,39?/m1/s1. The molecule has 3 saturated heterocycles. The van der Waals surface area contributed by atoms with Crippen LogP contribution in [0.2, 0.25) is 0 Å². The summed E-state index contributed by atoms with van der Waals surface area (Å²) in [5.74, 6) is -6.28. The quantitative estimate of drug-likeness (QED) is 0.230. The highest BCUT2D eigenvalue weighted by atomic mass is 19.1. The zero-order chi connectivity index (χ0) is 40.5. The second-order valence-electron chi connectivity index (χ2n) is 16.5. The molecule has 14 nitrogen and oxygen atoms in total. The minimum Gasteiger partial charge on any atom is -0.459 e. The molecule has 54 heavy (non-hydrogen) atoms. The molecule has 3 heterocycles. The lowest BCUT2D eigenvalue weighted by molar-refractivity contribution is -0.287. The van der Waals surface area contributed by atoms with Crippen LogP contribution in [0.15, 0.2) is 24.3 Å². The first-order valence-electron chi connectivity index (χ1n) is 19.1. The molecule has 2 bridgehead atoms. The molecule has 0 saturated carbocycles. The normalized spacial score (nSPS) is 41.9. The fraction of sp³-hybridized carbons (Fsp3) is 0.795. The number of benzene rings is 1. The highest BCUT2D eigenvalue weighted by Crippen LogP contribution is 2.50. The van der Waals surface area contributed by atoms with Crippen molar-refractivity contribution in [2.24, 2.45) is 17.8 Å². The van der Waals surface area contributed by atoms with Crippen LogP contribution in [0.3, 0.4) is 0 Å². The minimum atomic E-state index is -2.08. The van der Waals surface area contributed by atoms with E-state index in [0.717, 1.165) is 12.1 Å². The molecule has 0 amide bonds. The van der Waals surface area contributed by atoms with Crippen LogP contribution < -0.4 is 0 Å². The Labute approximate surface area is 318 Å². The number of halogens is 1. The van der Waals surface area contributed by atoms with Crippen LogP contribution in [0.1, 0.15) is 85.0 Å². The first kappa shape index (κ1) is 44.4. The largest absolute Gasteiger partial charge is 0.459 e. The monoisotopic (exact) mass is 770 g/mol. The van der Waals surface area contributed by atoms with Gasteiger partial charge in [0.1, 0.15) is 48.4 Å². The molecule has 0 aliphatic carbocycles. The summed E-state index contributed by atoms with van der Waals surface area (Å²) in [4.78, 5) is 29.8. The first-order chi connectivity index (χ1) is 25.0. The maximum atomic E-state index is 13.7. The van der Waals surface area contributed by atoms with Crippen molar-refractivity contribution in [1.82, 2.24) is 9.80 Å². The molecule has 3 aliphatic rings. The van der Waals surface area contributed by atoms with E-state index in [1.54, 1.807) is 39.6 Å². The summed E-state index contributed by atoms with van der Waals surface area (Å²) in [6.07, 6.45) is -6.22. The third kappa shape index (κ3) is 9.44. The smallest absolute Gasteiger partial charge is 0.338 e. The van der Waals surface area contributed by atoms with Crippen LogP contribution >= 0.6 is 0 Å². The Kier molecular flexibility index (Phi) is 14.3. The second-order valence-corrected chi connectivity index (χ2v) is 16.5. The van der Waals surface area contributed by atoms with Crippen LogP contribution in [-0.2, 0) is 28.5 Å². The maximum Gasteiger partial charge on any atom is 0.338 e. The van der Waals surface area contributed by atoms with Gasteiger partial charge in [-0.15, -0.1) is 0 Å². The third-order valence-electron chi connectivity index (χ3n) is 11.9. The van der Waals surface area contributed by atoms with Crippen LogP contribution in [0.5, 0.6) is 0 Å². The van der Waals surface area contributed by atoms with Gasteiger partial charge in [-0.25, -0.2) is 9.18 Å². The van der Waals surface area contributed by atoms with Crippen molar-refractivity contribution in [2.75, 3.05) is 33.8 Å². The van der Waals surface area contributed by atoms with Gasteiger partial charge in [0.25, 0.3) is 0 Å². The van der Waals surface area contributed by atoms with E-state index in [-0.39, 0.29) is 31.1 Å². The van der Waals surface area contributed by atoms with Crippen molar-refractivity contribution in [2.45, 2.75) is 147 Å². The van der Waals surface area contributed by atoms with E-state index < -0.39 is 102 Å². The highest BCUT2D eigenvalue weighted by Gasteiger charge is 2.64. The van der Waals surface area contributed by atoms with Gasteiger partial charge >= 0.3 is 11.9 Å². The van der Waals surface area contributed by atoms with Crippen molar-refractivity contribution < 1.29 is 63.2 Å². The highest BCUT2D eigenvalue weighted by molar-refractivity contribution is 5.89. The number of aliphatic hydroxyl groups is 5. The minimum absolute atomic E-state index is 0.0295. The number of hydrogen-bond acceptors (Lipinski definition) is 14. The molecule has 15 heteroatoms. The van der Waals surface area contributed by atoms with Crippen molar-refractivity contribution in [3.8, 4) is 0 Å². The van der Waals surface area contributed by atoms with E-state index >= 15 is 0 Å². The van der Waals surface area contributed by atoms with Crippen molar-refractivity contribution in [3.05, 3.63) is 35.6 Å². The Hall–Kier alpha value is -2.31. The topological polar surface area (TPSA) is 188 Å². The number of likely N-dealkylation sites (N-methyl/N-ethyl adjacent to an activating group) is 2. The van der Waals surface area contributed by atoms with E-state index in [4.69, 9.17) is 23.7 Å². The molecule has 308 valence electrons. The summed E-state index contributed by atoms with van der Waals surface area (Å²) >= 11 is 0. The molecule has 4 rings (SSSR count). The number of nitrogens with zero attached hydrogens (tertiary/aromatic N) is 2. The van der Waals surface area contributed by atoms with Gasteiger partial charge in [0.2, 0.25) is 0 Å². The number of carbonyl (C=O) groups excluding carboxylic acids is 2. The van der Waals surface area contributed by atoms with E-state index in [9.17, 15) is 39.5 Å². The van der Waals surface area contributed by atoms with Crippen LogP contribution in [0.4, 0.5) is 4.39 Å². The summed E-state index contributed by atoms with van der Waals surface area (Å²) in [7, 11) is 3.55. The van der Waals surface area contributed by atoms with Gasteiger partial charge in [0, 0.05) is 31.1 Å². The van der Waals surface area contributed by atoms with Gasteiger partial charge in [0.05, 0.1) is 23.4 Å². The molecule has 0 radical (unpaired) electrons. The van der Waals surface area contributed by atoms with Crippen molar-refractivity contribution in [3.63, 3.8) is 0 Å². The summed E-state index contributed by atoms with van der Waals surface area (Å²) in [5, 5.41) is 57.5. The number of rotatable bonds is 9. The Morgan fingerprint density at radius 3 is 2.35 bits per heavy atom. The number of fused-ring (bicyclic) bond motifs is 2. The lowest BCUT2D eigenvalue weighted by Gasteiger charge is -2.45. The number of cyclic esters (lactones) is 1. The average molecular weight is 771 g/mol. The zero-order valence-electron chi connectivity index (χ0n) is 33.3. The van der Waals surface area contributed by atoms with Gasteiger partial charge in [-0.1, -0.05) is 20.8 Å². The van der Waals surface area contributed by atoms with Gasteiger partial charge in [-0.05, 0) is 98.2 Å². The zero-order valence-corrected chi connectivity index (χ0v) is 33.3. The molecule has 3 unspecified atom stereocenters. The maximum absolute atomic E-state index is 13.7. The Morgan fingerprint density at radius 1 is 1.11 bits per heavy atom. The average Bonchev–Trinajstić information content (AvgIpc) is 3.29. The molecule has 3 fully saturated rings. The van der Waals surface area contributed by atoms with Gasteiger partial charge in [-0.3, -0.25) is 9.69 Å². The molecule has 1 aromatic rings. The fourth-order valence-corrected chi connectivity index (χ4v) is 8.62. The summed E-state index contributed by atoms with van der Waals surface area (Å²) < 4.78 is 43.6. The van der Waals surface area contributed by atoms with Crippen molar-refractivity contribution in [1.29, 1.82) is 0 Å². The predicted molar refractivity (Wildman–Crippen MR) is 194 cm³/mol. The second kappa shape index (κ2) is 17.5. The Bertz CT molecular complexity index is 1420. The molecule has 5 N–H and O–H groups in total. The molecule has 15 atom stereocenters. The summed E-state index contributed by atoms with van der Waals surface area (Å²) in [6, 6.07) is 3.80. The van der Waals surface area contributed by atoms with Gasteiger partial charge < -0.3 is 54.1 Å². The van der Waals surface area contributed by atoms with Gasteiger partial charge in [-0.2, -0.15) is 0 Å². The molecule has 3 aliphatic heterocycles. The molecule has 0 spiro atoms. The fourth-order valence-electron chi connectivity index (χ4n) is 8.62. The van der Waals surface area contributed by atoms with E-state index in [0.29, 0.717) is 19.4 Å². The lowest BCUT2D eigenvalue weighted by atomic mass is 9.80.